The van der Waals surface area contributed by atoms with Crippen LogP contribution in [0.1, 0.15) is 33.1 Å². The predicted octanol–water partition coefficient (Wildman–Crippen LogP) is 3.21. The summed E-state index contributed by atoms with van der Waals surface area (Å²) in [6, 6.07) is 10.1. The fraction of sp³-hybridized carbons (Fsp3) is 0.190. The zero-order chi connectivity index (χ0) is 21.4. The van der Waals surface area contributed by atoms with Crippen molar-refractivity contribution in [3.63, 3.8) is 0 Å². The third kappa shape index (κ3) is 3.81. The van der Waals surface area contributed by atoms with Gasteiger partial charge in [0, 0.05) is 18.0 Å². The largest absolute Gasteiger partial charge is 0.454 e. The summed E-state index contributed by atoms with van der Waals surface area (Å²) in [5.41, 5.74) is 3.17. The summed E-state index contributed by atoms with van der Waals surface area (Å²) in [7, 11) is 0. The van der Waals surface area contributed by atoms with E-state index in [4.69, 9.17) is 16.3 Å². The fourth-order valence-electron chi connectivity index (χ4n) is 3.09. The van der Waals surface area contributed by atoms with Gasteiger partial charge in [-0.3, -0.25) is 9.20 Å². The second-order valence-corrected chi connectivity index (χ2v) is 7.34. The van der Waals surface area contributed by atoms with Crippen LogP contribution in [0.25, 0.3) is 11.5 Å². The van der Waals surface area contributed by atoms with E-state index in [1.165, 1.54) is 10.5 Å². The van der Waals surface area contributed by atoms with Crippen molar-refractivity contribution in [3.05, 3.63) is 86.3 Å². The Morgan fingerprint density at radius 3 is 2.63 bits per heavy atom. The maximum absolute atomic E-state index is 12.6. The molecule has 4 heterocycles. The first-order chi connectivity index (χ1) is 14.3. The van der Waals surface area contributed by atoms with Crippen molar-refractivity contribution >= 4 is 23.2 Å². The minimum atomic E-state index is -0.714. The number of aromatic nitrogens is 5. The molecule has 0 saturated heterocycles. The second-order valence-electron chi connectivity index (χ2n) is 6.94. The maximum Gasteiger partial charge on any atom is 0.358 e. The molecule has 0 amide bonds. The Hall–Kier alpha value is -3.52. The third-order valence-corrected chi connectivity index (χ3v) is 4.77. The molecule has 4 aromatic rings. The van der Waals surface area contributed by atoms with Crippen LogP contribution in [0.4, 0.5) is 0 Å². The van der Waals surface area contributed by atoms with E-state index in [2.05, 4.69) is 15.1 Å². The van der Waals surface area contributed by atoms with Gasteiger partial charge in [-0.05, 0) is 50.6 Å². The summed E-state index contributed by atoms with van der Waals surface area (Å²) in [5.74, 6) is -0.260. The van der Waals surface area contributed by atoms with Crippen LogP contribution >= 0.6 is 11.6 Å². The molecule has 9 heteroatoms. The minimum Gasteiger partial charge on any atom is -0.454 e. The number of hydrogen-bond acceptors (Lipinski definition) is 6. The predicted molar refractivity (Wildman–Crippen MR) is 111 cm³/mol. The Bertz CT molecular complexity index is 1340. The number of fused-ring (bicyclic) bond motifs is 1. The summed E-state index contributed by atoms with van der Waals surface area (Å²) < 4.78 is 8.39. The molecule has 8 nitrogen and oxygen atoms in total. The van der Waals surface area contributed by atoms with Crippen molar-refractivity contribution < 1.29 is 9.53 Å². The van der Waals surface area contributed by atoms with E-state index in [-0.39, 0.29) is 22.9 Å². The summed E-state index contributed by atoms with van der Waals surface area (Å²) in [6.45, 7) is 5.47. The van der Waals surface area contributed by atoms with Crippen molar-refractivity contribution in [2.24, 2.45) is 0 Å². The molecule has 0 aliphatic heterocycles. The van der Waals surface area contributed by atoms with Gasteiger partial charge in [0.15, 0.2) is 11.5 Å². The zero-order valence-corrected chi connectivity index (χ0v) is 17.3. The van der Waals surface area contributed by atoms with Gasteiger partial charge in [0.2, 0.25) is 0 Å². The Morgan fingerprint density at radius 2 is 1.90 bits per heavy atom. The van der Waals surface area contributed by atoms with E-state index >= 15 is 0 Å². The van der Waals surface area contributed by atoms with Crippen LogP contribution in [-0.2, 0) is 11.3 Å². The lowest BCUT2D eigenvalue weighted by Crippen LogP contribution is -2.17. The fourth-order valence-corrected chi connectivity index (χ4v) is 3.28. The number of halogens is 1. The van der Waals surface area contributed by atoms with Crippen molar-refractivity contribution in [1.29, 1.82) is 0 Å². The molecule has 4 aromatic heterocycles. The molecule has 0 N–H and O–H groups in total. The lowest BCUT2D eigenvalue weighted by molar-refractivity contribution is 0.0461. The standard InChI is InChI=1S/C21H18ClN5O3/c1-12-4-6-17-23-15(9-19(28)26(17)10-12)11-30-21(29)20-16(22)5-7-18(24-20)27-14(3)8-13(2)25-27/h4-10H,11H2,1-3H3. The molecular weight excluding hydrogens is 406 g/mol. The Morgan fingerprint density at radius 1 is 1.10 bits per heavy atom. The molecule has 0 bridgehead atoms. The van der Waals surface area contributed by atoms with Crippen molar-refractivity contribution in [2.45, 2.75) is 27.4 Å². The zero-order valence-electron chi connectivity index (χ0n) is 16.6. The van der Waals surface area contributed by atoms with Crippen molar-refractivity contribution in [1.82, 2.24) is 24.1 Å². The SMILES string of the molecule is Cc1ccc2nc(COC(=O)c3nc(-n4nc(C)cc4C)ccc3Cl)cc(=O)n2c1. The van der Waals surface area contributed by atoms with Crippen LogP contribution < -0.4 is 5.56 Å². The smallest absolute Gasteiger partial charge is 0.358 e. The number of ether oxygens (including phenoxy) is 1. The molecule has 30 heavy (non-hydrogen) atoms. The molecule has 0 aromatic carbocycles. The lowest BCUT2D eigenvalue weighted by Gasteiger charge is -2.09. The van der Waals surface area contributed by atoms with Crippen LogP contribution in [0.5, 0.6) is 0 Å². The number of nitrogens with zero attached hydrogens (tertiary/aromatic N) is 5. The highest BCUT2D eigenvalue weighted by atomic mass is 35.5. The number of rotatable bonds is 4. The first-order valence-corrected chi connectivity index (χ1v) is 9.56. The van der Waals surface area contributed by atoms with Crippen molar-refractivity contribution in [3.8, 4) is 5.82 Å². The molecule has 0 aliphatic rings. The van der Waals surface area contributed by atoms with Gasteiger partial charge in [0.1, 0.15) is 12.3 Å². The molecular formula is C21H18ClN5O3. The van der Waals surface area contributed by atoms with Crippen LogP contribution in [0.2, 0.25) is 5.02 Å². The van der Waals surface area contributed by atoms with E-state index in [9.17, 15) is 9.59 Å². The first-order valence-electron chi connectivity index (χ1n) is 9.18. The topological polar surface area (TPSA) is 91.4 Å². The van der Waals surface area contributed by atoms with Crippen LogP contribution in [0, 0.1) is 20.8 Å². The van der Waals surface area contributed by atoms with Gasteiger partial charge in [0.05, 0.1) is 16.4 Å². The molecule has 152 valence electrons. The number of aryl methyl sites for hydroxylation is 3. The van der Waals surface area contributed by atoms with Gasteiger partial charge in [-0.15, -0.1) is 0 Å². The number of hydrogen-bond donors (Lipinski definition) is 0. The van der Waals surface area contributed by atoms with Gasteiger partial charge >= 0.3 is 5.97 Å². The second kappa shape index (κ2) is 7.72. The monoisotopic (exact) mass is 423 g/mol. The van der Waals surface area contributed by atoms with Crippen LogP contribution in [-0.4, -0.2) is 30.1 Å². The maximum atomic E-state index is 12.6. The molecule has 0 fully saturated rings. The average molecular weight is 424 g/mol. The van der Waals surface area contributed by atoms with Crippen LogP contribution in [0.3, 0.4) is 0 Å². The molecule has 0 atom stereocenters. The first kappa shape index (κ1) is 19.8. The quantitative estimate of drug-likeness (QED) is 0.468. The highest BCUT2D eigenvalue weighted by Crippen LogP contribution is 2.19. The molecule has 0 radical (unpaired) electrons. The van der Waals surface area contributed by atoms with E-state index in [1.807, 2.05) is 32.9 Å². The highest BCUT2D eigenvalue weighted by molar-refractivity contribution is 6.33. The van der Waals surface area contributed by atoms with E-state index < -0.39 is 5.97 Å². The Balaban J connectivity index is 1.58. The molecule has 0 unspecified atom stereocenters. The van der Waals surface area contributed by atoms with E-state index in [0.717, 1.165) is 17.0 Å². The van der Waals surface area contributed by atoms with Gasteiger partial charge in [-0.1, -0.05) is 17.7 Å². The summed E-state index contributed by atoms with van der Waals surface area (Å²) in [4.78, 5) is 33.6. The summed E-state index contributed by atoms with van der Waals surface area (Å²) in [6.07, 6.45) is 1.70. The normalized spacial score (nSPS) is 11.1. The van der Waals surface area contributed by atoms with E-state index in [0.29, 0.717) is 17.2 Å². The van der Waals surface area contributed by atoms with Gasteiger partial charge in [0.25, 0.3) is 5.56 Å². The van der Waals surface area contributed by atoms with Crippen molar-refractivity contribution in [2.75, 3.05) is 0 Å². The Labute approximate surface area is 176 Å². The summed E-state index contributed by atoms with van der Waals surface area (Å²) in [5, 5.41) is 4.52. The molecule has 0 saturated carbocycles. The lowest BCUT2D eigenvalue weighted by atomic mass is 10.3. The molecule has 0 spiro atoms. The molecule has 4 rings (SSSR count). The number of esters is 1. The average Bonchev–Trinajstić information content (AvgIpc) is 3.05. The van der Waals surface area contributed by atoms with Gasteiger partial charge in [-0.25, -0.2) is 19.4 Å². The van der Waals surface area contributed by atoms with Gasteiger partial charge in [-0.2, -0.15) is 5.10 Å². The summed E-state index contributed by atoms with van der Waals surface area (Å²) >= 11 is 6.16. The van der Waals surface area contributed by atoms with E-state index in [1.54, 1.807) is 29.1 Å². The third-order valence-electron chi connectivity index (χ3n) is 4.46. The molecule has 0 aliphatic carbocycles. The van der Waals surface area contributed by atoms with Crippen LogP contribution in [0.15, 0.2) is 47.4 Å². The minimum absolute atomic E-state index is 0.0325. The van der Waals surface area contributed by atoms with Gasteiger partial charge < -0.3 is 4.74 Å². The number of carbonyl (C=O) groups excluding carboxylic acids is 1. The highest BCUT2D eigenvalue weighted by Gasteiger charge is 2.17. The number of pyridine rings is 2. The number of carbonyl (C=O) groups is 1. The Kier molecular flexibility index (Phi) is 5.09.